The van der Waals surface area contributed by atoms with Gasteiger partial charge in [-0.05, 0) is 30.2 Å². The molecule has 0 atom stereocenters. The van der Waals surface area contributed by atoms with Gasteiger partial charge >= 0.3 is 0 Å². The molecule has 0 N–H and O–H groups in total. The molecule has 98 valence electrons. The van der Waals surface area contributed by atoms with Crippen molar-refractivity contribution in [3.63, 3.8) is 0 Å². The van der Waals surface area contributed by atoms with Crippen molar-refractivity contribution in [3.05, 3.63) is 65.3 Å². The van der Waals surface area contributed by atoms with Crippen LogP contribution >= 0.6 is 11.6 Å². The molecule has 3 aromatic rings. The Bertz CT molecular complexity index is 809. The molecule has 0 fully saturated rings. The van der Waals surface area contributed by atoms with E-state index >= 15 is 0 Å². The Morgan fingerprint density at radius 2 is 1.90 bits per heavy atom. The molecular weight excluding hydrogens is 268 g/mol. The number of aryl methyl sites for hydroxylation is 1. The van der Waals surface area contributed by atoms with Gasteiger partial charge in [0, 0.05) is 10.9 Å². The van der Waals surface area contributed by atoms with E-state index < -0.39 is 0 Å². The van der Waals surface area contributed by atoms with Crippen LogP contribution in [0.5, 0.6) is 0 Å². The van der Waals surface area contributed by atoms with E-state index in [9.17, 15) is 0 Å². The molecule has 3 rings (SSSR count). The number of halogens is 1. The second-order valence-electron chi connectivity index (χ2n) is 4.65. The van der Waals surface area contributed by atoms with Gasteiger partial charge in [0.05, 0.1) is 5.52 Å². The molecule has 20 heavy (non-hydrogen) atoms. The van der Waals surface area contributed by atoms with Gasteiger partial charge in [-0.15, -0.1) is 0 Å². The van der Waals surface area contributed by atoms with Crippen molar-refractivity contribution in [2.24, 2.45) is 0 Å². The van der Waals surface area contributed by atoms with E-state index in [1.54, 1.807) is 6.08 Å². The van der Waals surface area contributed by atoms with Crippen LogP contribution in [0, 0.1) is 6.92 Å². The van der Waals surface area contributed by atoms with Gasteiger partial charge < -0.3 is 0 Å². The summed E-state index contributed by atoms with van der Waals surface area (Å²) < 4.78 is 0. The lowest BCUT2D eigenvalue weighted by molar-refractivity contribution is 1.22. The Kier molecular flexibility index (Phi) is 3.25. The second-order valence-corrected chi connectivity index (χ2v) is 5.01. The van der Waals surface area contributed by atoms with E-state index in [0.717, 1.165) is 27.6 Å². The third-order valence-corrected chi connectivity index (χ3v) is 3.52. The lowest BCUT2D eigenvalue weighted by Gasteiger charge is -2.07. The van der Waals surface area contributed by atoms with Crippen LogP contribution in [0.4, 0.5) is 0 Å². The normalized spacial score (nSPS) is 10.7. The highest BCUT2D eigenvalue weighted by Gasteiger charge is 2.10. The van der Waals surface area contributed by atoms with Crippen molar-refractivity contribution in [2.75, 3.05) is 0 Å². The molecule has 0 aliphatic heterocycles. The predicted molar refractivity (Wildman–Crippen MR) is 84.8 cm³/mol. The number of benzene rings is 2. The van der Waals surface area contributed by atoms with Crippen LogP contribution in [0.25, 0.3) is 28.4 Å². The molecule has 3 heteroatoms. The van der Waals surface area contributed by atoms with Gasteiger partial charge in [-0.25, -0.2) is 9.97 Å². The summed E-state index contributed by atoms with van der Waals surface area (Å²) in [7, 11) is 0. The van der Waals surface area contributed by atoms with E-state index in [2.05, 4.69) is 16.5 Å². The van der Waals surface area contributed by atoms with Crippen molar-refractivity contribution >= 4 is 28.6 Å². The minimum Gasteiger partial charge on any atom is -0.228 e. The minimum absolute atomic E-state index is 0.476. The van der Waals surface area contributed by atoms with Crippen LogP contribution in [-0.4, -0.2) is 9.97 Å². The summed E-state index contributed by atoms with van der Waals surface area (Å²) in [6.45, 7) is 5.86. The van der Waals surface area contributed by atoms with Crippen LogP contribution in [0.15, 0.2) is 49.0 Å². The van der Waals surface area contributed by atoms with E-state index in [0.29, 0.717) is 11.0 Å². The van der Waals surface area contributed by atoms with Gasteiger partial charge in [-0.1, -0.05) is 54.6 Å². The van der Waals surface area contributed by atoms with Crippen molar-refractivity contribution in [3.8, 4) is 11.4 Å². The quantitative estimate of drug-likeness (QED) is 0.624. The van der Waals surface area contributed by atoms with Gasteiger partial charge in [0.15, 0.2) is 5.82 Å². The summed E-state index contributed by atoms with van der Waals surface area (Å²) in [6, 6.07) is 13.9. The monoisotopic (exact) mass is 280 g/mol. The Morgan fingerprint density at radius 3 is 2.70 bits per heavy atom. The van der Waals surface area contributed by atoms with Crippen LogP contribution in [0.2, 0.25) is 5.15 Å². The van der Waals surface area contributed by atoms with E-state index in [1.807, 2.05) is 49.4 Å². The molecule has 2 aromatic carbocycles. The van der Waals surface area contributed by atoms with E-state index in [4.69, 9.17) is 11.6 Å². The van der Waals surface area contributed by atoms with Crippen LogP contribution in [-0.2, 0) is 0 Å². The molecule has 0 saturated carbocycles. The lowest BCUT2D eigenvalue weighted by atomic mass is 10.1. The van der Waals surface area contributed by atoms with Crippen LogP contribution in [0.3, 0.4) is 0 Å². The molecule has 0 bridgehead atoms. The number of hydrogen-bond donors (Lipinski definition) is 0. The van der Waals surface area contributed by atoms with Gasteiger partial charge in [0.1, 0.15) is 5.15 Å². The summed E-state index contributed by atoms with van der Waals surface area (Å²) in [5.41, 5.74) is 3.94. The second kappa shape index (κ2) is 5.06. The first-order valence-corrected chi connectivity index (χ1v) is 6.72. The maximum Gasteiger partial charge on any atom is 0.162 e. The summed E-state index contributed by atoms with van der Waals surface area (Å²) in [6.07, 6.45) is 1.80. The smallest absolute Gasteiger partial charge is 0.162 e. The zero-order chi connectivity index (χ0) is 14.1. The number of hydrogen-bond acceptors (Lipinski definition) is 2. The zero-order valence-electron chi connectivity index (χ0n) is 11.1. The molecule has 1 aromatic heterocycles. The average molecular weight is 281 g/mol. The third-order valence-electron chi connectivity index (χ3n) is 3.23. The molecule has 2 nitrogen and oxygen atoms in total. The highest BCUT2D eigenvalue weighted by atomic mass is 35.5. The number of fused-ring (bicyclic) bond motifs is 1. The molecule has 0 saturated heterocycles. The minimum atomic E-state index is 0.476. The average Bonchev–Trinajstić information content (AvgIpc) is 2.46. The fourth-order valence-electron chi connectivity index (χ4n) is 2.20. The van der Waals surface area contributed by atoms with Gasteiger partial charge in [-0.3, -0.25) is 0 Å². The topological polar surface area (TPSA) is 25.8 Å². The number of nitrogens with zero attached hydrogens (tertiary/aromatic N) is 2. The van der Waals surface area contributed by atoms with E-state index in [1.165, 1.54) is 0 Å². The first-order valence-electron chi connectivity index (χ1n) is 6.35. The van der Waals surface area contributed by atoms with Crippen molar-refractivity contribution < 1.29 is 0 Å². The summed E-state index contributed by atoms with van der Waals surface area (Å²) >= 11 is 6.28. The zero-order valence-corrected chi connectivity index (χ0v) is 11.9. The Morgan fingerprint density at radius 1 is 1.10 bits per heavy atom. The van der Waals surface area contributed by atoms with Gasteiger partial charge in [0.25, 0.3) is 0 Å². The van der Waals surface area contributed by atoms with Crippen LogP contribution in [0.1, 0.15) is 11.1 Å². The Balaban J connectivity index is 2.29. The largest absolute Gasteiger partial charge is 0.228 e. The highest BCUT2D eigenvalue weighted by molar-refractivity contribution is 6.34. The summed E-state index contributed by atoms with van der Waals surface area (Å²) in [4.78, 5) is 9.05. The van der Waals surface area contributed by atoms with Crippen molar-refractivity contribution in [1.29, 1.82) is 0 Å². The van der Waals surface area contributed by atoms with Crippen molar-refractivity contribution in [2.45, 2.75) is 6.92 Å². The Hall–Kier alpha value is -2.19. The number of rotatable bonds is 2. The third kappa shape index (κ3) is 2.19. The van der Waals surface area contributed by atoms with Crippen molar-refractivity contribution in [1.82, 2.24) is 9.97 Å². The van der Waals surface area contributed by atoms with Crippen LogP contribution < -0.4 is 0 Å². The molecule has 0 unspecified atom stereocenters. The Labute approximate surface area is 122 Å². The highest BCUT2D eigenvalue weighted by Crippen LogP contribution is 2.27. The lowest BCUT2D eigenvalue weighted by Crippen LogP contribution is -1.94. The predicted octanol–water partition coefficient (Wildman–Crippen LogP) is 4.90. The summed E-state index contributed by atoms with van der Waals surface area (Å²) in [5.74, 6) is 0.628. The first-order chi connectivity index (χ1) is 9.69. The van der Waals surface area contributed by atoms with E-state index in [-0.39, 0.29) is 0 Å². The number of aromatic nitrogens is 2. The molecule has 0 amide bonds. The maximum atomic E-state index is 6.28. The molecule has 1 heterocycles. The first kappa shape index (κ1) is 12.8. The molecular formula is C17H13ClN2. The molecule has 0 spiro atoms. The fraction of sp³-hybridized carbons (Fsp3) is 0.0588. The van der Waals surface area contributed by atoms with Gasteiger partial charge in [-0.2, -0.15) is 0 Å². The van der Waals surface area contributed by atoms with Gasteiger partial charge in [0.2, 0.25) is 0 Å². The molecule has 0 radical (unpaired) electrons. The standard InChI is InChI=1S/C17H13ClN2/c1-3-12-6-4-5-7-13(12)17-19-15-10-11(2)8-9-14(15)16(18)20-17/h3-10H,1H2,2H3. The SMILES string of the molecule is C=Cc1ccccc1-c1nc(Cl)c2ccc(C)cc2n1. The molecule has 0 aliphatic carbocycles. The fourth-order valence-corrected chi connectivity index (χ4v) is 2.44. The maximum absolute atomic E-state index is 6.28. The summed E-state index contributed by atoms with van der Waals surface area (Å²) in [5, 5.41) is 1.35. The molecule has 0 aliphatic rings.